The lowest BCUT2D eigenvalue weighted by Crippen LogP contribution is -2.16. The van der Waals surface area contributed by atoms with Gasteiger partial charge in [0.05, 0.1) is 5.56 Å². The van der Waals surface area contributed by atoms with Crippen LogP contribution in [0.2, 0.25) is 0 Å². The maximum absolute atomic E-state index is 13.1. The Kier molecular flexibility index (Phi) is 6.47. The van der Waals surface area contributed by atoms with Crippen LogP contribution in [0.1, 0.15) is 15.9 Å². The number of carbonyl (C=O) groups is 2. The van der Waals surface area contributed by atoms with Crippen LogP contribution in [0.25, 0.3) is 0 Å². The molecule has 0 radical (unpaired) electrons. The van der Waals surface area contributed by atoms with Crippen LogP contribution in [0, 0.1) is 11.6 Å². The first-order valence-corrected chi connectivity index (χ1v) is 8.55. The van der Waals surface area contributed by atoms with Gasteiger partial charge in [0.1, 0.15) is 18.2 Å². The average Bonchev–Trinajstić information content (AvgIpc) is 2.73. The van der Waals surface area contributed by atoms with Gasteiger partial charge in [0.25, 0.3) is 5.91 Å². The molecule has 0 aliphatic heterocycles. The highest BCUT2D eigenvalue weighted by atomic mass is 19.1. The number of hydrogen-bond acceptors (Lipinski definition) is 5. The van der Waals surface area contributed by atoms with E-state index in [4.69, 9.17) is 9.47 Å². The maximum Gasteiger partial charge on any atom is 0.344 e. The van der Waals surface area contributed by atoms with Crippen LogP contribution in [0.15, 0.2) is 66.9 Å². The van der Waals surface area contributed by atoms with E-state index in [-0.39, 0.29) is 24.7 Å². The molecular formula is C21H16F2N2O4. The third-order valence-corrected chi connectivity index (χ3v) is 3.73. The zero-order chi connectivity index (χ0) is 20.6. The number of carbonyl (C=O) groups excluding carboxylic acids is 2. The minimum Gasteiger partial charge on any atom is -0.466 e. The first-order valence-electron chi connectivity index (χ1n) is 8.55. The van der Waals surface area contributed by atoms with Crippen molar-refractivity contribution in [2.45, 2.75) is 6.61 Å². The SMILES string of the molecule is O=C(COc1ccc(C(=O)Nc2ccc(F)cc2)cn1)OCc1cccc(F)c1. The summed E-state index contributed by atoms with van der Waals surface area (Å²) >= 11 is 0. The van der Waals surface area contributed by atoms with Gasteiger partial charge in [0.15, 0.2) is 6.61 Å². The fourth-order valence-electron chi connectivity index (χ4n) is 2.30. The molecule has 8 heteroatoms. The van der Waals surface area contributed by atoms with Gasteiger partial charge in [-0.15, -0.1) is 0 Å². The molecule has 0 spiro atoms. The van der Waals surface area contributed by atoms with Crippen molar-refractivity contribution in [2.24, 2.45) is 0 Å². The van der Waals surface area contributed by atoms with E-state index in [9.17, 15) is 18.4 Å². The van der Waals surface area contributed by atoms with E-state index in [1.807, 2.05) is 0 Å². The minimum atomic E-state index is -0.644. The molecule has 1 heterocycles. The third kappa shape index (κ3) is 6.10. The number of rotatable bonds is 7. The molecule has 148 valence electrons. The van der Waals surface area contributed by atoms with Crippen molar-refractivity contribution in [3.8, 4) is 5.88 Å². The summed E-state index contributed by atoms with van der Waals surface area (Å²) in [4.78, 5) is 27.8. The molecule has 1 aromatic heterocycles. The summed E-state index contributed by atoms with van der Waals surface area (Å²) in [6.45, 7) is -0.459. The van der Waals surface area contributed by atoms with E-state index in [1.165, 1.54) is 60.8 Å². The van der Waals surface area contributed by atoms with Crippen molar-refractivity contribution >= 4 is 17.6 Å². The number of anilines is 1. The summed E-state index contributed by atoms with van der Waals surface area (Å²) in [5.41, 5.74) is 1.22. The lowest BCUT2D eigenvalue weighted by atomic mass is 10.2. The predicted molar refractivity (Wildman–Crippen MR) is 100 cm³/mol. The number of amides is 1. The van der Waals surface area contributed by atoms with Crippen LogP contribution in [-0.4, -0.2) is 23.5 Å². The summed E-state index contributed by atoms with van der Waals surface area (Å²) in [6.07, 6.45) is 1.28. The van der Waals surface area contributed by atoms with E-state index >= 15 is 0 Å². The number of esters is 1. The Morgan fingerprint density at radius 2 is 1.76 bits per heavy atom. The van der Waals surface area contributed by atoms with Gasteiger partial charge in [-0.3, -0.25) is 4.79 Å². The largest absolute Gasteiger partial charge is 0.466 e. The Bertz CT molecular complexity index is 992. The Morgan fingerprint density at radius 1 is 0.966 bits per heavy atom. The molecule has 0 fully saturated rings. The van der Waals surface area contributed by atoms with Gasteiger partial charge in [-0.1, -0.05) is 12.1 Å². The van der Waals surface area contributed by atoms with Gasteiger partial charge in [0.2, 0.25) is 5.88 Å². The molecule has 0 bridgehead atoms. The molecule has 0 aliphatic rings. The van der Waals surface area contributed by atoms with Crippen LogP contribution in [0.5, 0.6) is 5.88 Å². The van der Waals surface area contributed by atoms with Crippen LogP contribution in [0.4, 0.5) is 14.5 Å². The smallest absolute Gasteiger partial charge is 0.344 e. The molecule has 0 saturated carbocycles. The normalized spacial score (nSPS) is 10.3. The molecule has 3 rings (SSSR count). The highest BCUT2D eigenvalue weighted by Crippen LogP contribution is 2.12. The lowest BCUT2D eigenvalue weighted by molar-refractivity contribution is -0.147. The van der Waals surface area contributed by atoms with Gasteiger partial charge in [0, 0.05) is 18.0 Å². The zero-order valence-electron chi connectivity index (χ0n) is 15.1. The summed E-state index contributed by atoms with van der Waals surface area (Å²) in [6, 6.07) is 14.0. The second-order valence-electron chi connectivity index (χ2n) is 5.93. The Balaban J connectivity index is 1.46. The number of nitrogens with zero attached hydrogens (tertiary/aromatic N) is 1. The Labute approximate surface area is 165 Å². The highest BCUT2D eigenvalue weighted by Gasteiger charge is 2.09. The minimum absolute atomic E-state index is 0.0735. The van der Waals surface area contributed by atoms with Crippen LogP contribution < -0.4 is 10.1 Å². The monoisotopic (exact) mass is 398 g/mol. The van der Waals surface area contributed by atoms with Crippen molar-refractivity contribution in [2.75, 3.05) is 11.9 Å². The van der Waals surface area contributed by atoms with Crippen molar-refractivity contribution in [3.05, 3.63) is 89.6 Å². The average molecular weight is 398 g/mol. The van der Waals surface area contributed by atoms with E-state index in [1.54, 1.807) is 6.07 Å². The molecule has 0 saturated heterocycles. The predicted octanol–water partition coefficient (Wildman–Crippen LogP) is 3.73. The number of nitrogens with one attached hydrogen (secondary N) is 1. The van der Waals surface area contributed by atoms with Gasteiger partial charge in [-0.2, -0.15) is 0 Å². The zero-order valence-corrected chi connectivity index (χ0v) is 15.1. The summed E-state index contributed by atoms with van der Waals surface area (Å²) in [7, 11) is 0. The van der Waals surface area contributed by atoms with E-state index in [0.717, 1.165) is 0 Å². The molecule has 29 heavy (non-hydrogen) atoms. The number of halogens is 2. The third-order valence-electron chi connectivity index (χ3n) is 3.73. The highest BCUT2D eigenvalue weighted by molar-refractivity contribution is 6.04. The van der Waals surface area contributed by atoms with E-state index in [0.29, 0.717) is 11.3 Å². The second-order valence-corrected chi connectivity index (χ2v) is 5.93. The first-order chi connectivity index (χ1) is 14.0. The molecule has 0 atom stereocenters. The number of ether oxygens (including phenoxy) is 2. The molecule has 2 aromatic carbocycles. The van der Waals surface area contributed by atoms with Crippen molar-refractivity contribution in [1.82, 2.24) is 4.98 Å². The first kappa shape index (κ1) is 19.9. The summed E-state index contributed by atoms with van der Waals surface area (Å²) in [5, 5.41) is 2.60. The fourth-order valence-corrected chi connectivity index (χ4v) is 2.30. The van der Waals surface area contributed by atoms with E-state index < -0.39 is 23.5 Å². The molecule has 3 aromatic rings. The molecular weight excluding hydrogens is 382 g/mol. The second kappa shape index (κ2) is 9.41. The Hall–Kier alpha value is -3.81. The van der Waals surface area contributed by atoms with Crippen molar-refractivity contribution < 1.29 is 27.8 Å². The fraction of sp³-hybridized carbons (Fsp3) is 0.0952. The number of pyridine rings is 1. The quantitative estimate of drug-likeness (QED) is 0.614. The molecule has 0 unspecified atom stereocenters. The topological polar surface area (TPSA) is 77.5 Å². The summed E-state index contributed by atoms with van der Waals surface area (Å²) in [5.74, 6) is -1.76. The van der Waals surface area contributed by atoms with E-state index in [2.05, 4.69) is 10.3 Å². The van der Waals surface area contributed by atoms with Crippen molar-refractivity contribution in [1.29, 1.82) is 0 Å². The number of aromatic nitrogens is 1. The lowest BCUT2D eigenvalue weighted by Gasteiger charge is -2.08. The van der Waals surface area contributed by atoms with Crippen molar-refractivity contribution in [3.63, 3.8) is 0 Å². The van der Waals surface area contributed by atoms with Gasteiger partial charge in [-0.25, -0.2) is 18.6 Å². The summed E-state index contributed by atoms with van der Waals surface area (Å²) < 4.78 is 36.2. The molecule has 6 nitrogen and oxygen atoms in total. The van der Waals surface area contributed by atoms with Gasteiger partial charge >= 0.3 is 5.97 Å². The number of benzene rings is 2. The van der Waals surface area contributed by atoms with Gasteiger partial charge in [-0.05, 0) is 48.0 Å². The number of hydrogen-bond donors (Lipinski definition) is 1. The molecule has 1 amide bonds. The maximum atomic E-state index is 13.1. The van der Waals surface area contributed by atoms with Crippen LogP contribution in [-0.2, 0) is 16.1 Å². The Morgan fingerprint density at radius 3 is 2.45 bits per heavy atom. The van der Waals surface area contributed by atoms with Gasteiger partial charge < -0.3 is 14.8 Å². The van der Waals surface area contributed by atoms with Crippen LogP contribution in [0.3, 0.4) is 0 Å². The van der Waals surface area contributed by atoms with Crippen LogP contribution >= 0.6 is 0 Å². The standard InChI is InChI=1S/C21H16F2N2O4/c22-16-5-7-18(8-6-16)25-21(27)15-4-9-19(24-11-15)28-13-20(26)29-12-14-2-1-3-17(23)10-14/h1-11H,12-13H2,(H,25,27). The molecule has 1 N–H and O–H groups in total. The molecule has 0 aliphatic carbocycles.